The third-order valence-electron chi connectivity index (χ3n) is 5.14. The molecule has 0 radical (unpaired) electrons. The zero-order chi connectivity index (χ0) is 19.5. The predicted octanol–water partition coefficient (Wildman–Crippen LogP) is 4.62. The van der Waals surface area contributed by atoms with E-state index >= 15 is 0 Å². The molecule has 1 unspecified atom stereocenters. The van der Waals surface area contributed by atoms with Crippen molar-refractivity contribution >= 4 is 11.8 Å². The van der Waals surface area contributed by atoms with E-state index in [0.29, 0.717) is 32.1 Å². The molecule has 4 nitrogen and oxygen atoms in total. The SMILES string of the molecule is C=C1CC(=O)[C@@H](C/C=C\CCCC(=O)O)[C@H]1CC(F)[C@@H](O)CCCCC. The average Bonchev–Trinajstić information content (AvgIpc) is 2.84. The molecule has 0 spiro atoms. The summed E-state index contributed by atoms with van der Waals surface area (Å²) < 4.78 is 14.4. The van der Waals surface area contributed by atoms with Gasteiger partial charge in [-0.3, -0.25) is 9.59 Å². The van der Waals surface area contributed by atoms with Gasteiger partial charge in [0.05, 0.1) is 6.10 Å². The molecule has 0 aromatic heterocycles. The first-order chi connectivity index (χ1) is 12.4. The van der Waals surface area contributed by atoms with Crippen molar-refractivity contribution in [2.75, 3.05) is 0 Å². The van der Waals surface area contributed by atoms with Crippen molar-refractivity contribution in [1.29, 1.82) is 0 Å². The summed E-state index contributed by atoms with van der Waals surface area (Å²) in [5.41, 5.74) is 0.766. The number of Topliss-reactive ketones (excluding diaryl/α,β-unsaturated/α-hetero) is 1. The highest BCUT2D eigenvalue weighted by Gasteiger charge is 2.38. The van der Waals surface area contributed by atoms with E-state index in [9.17, 15) is 19.1 Å². The van der Waals surface area contributed by atoms with Gasteiger partial charge in [-0.25, -0.2) is 4.39 Å². The van der Waals surface area contributed by atoms with Crippen molar-refractivity contribution in [2.24, 2.45) is 11.8 Å². The summed E-state index contributed by atoms with van der Waals surface area (Å²) in [6.45, 7) is 6.01. The van der Waals surface area contributed by atoms with Gasteiger partial charge in [0, 0.05) is 18.8 Å². The Bertz CT molecular complexity index is 500. The van der Waals surface area contributed by atoms with Crippen LogP contribution in [0.2, 0.25) is 0 Å². The number of carboxylic acid groups (broad SMARTS) is 1. The summed E-state index contributed by atoms with van der Waals surface area (Å²) in [5, 5.41) is 18.6. The molecule has 0 aromatic carbocycles. The van der Waals surface area contributed by atoms with Crippen molar-refractivity contribution in [1.82, 2.24) is 0 Å². The van der Waals surface area contributed by atoms with E-state index in [1.165, 1.54) is 0 Å². The second-order valence-corrected chi connectivity index (χ2v) is 7.32. The van der Waals surface area contributed by atoms with Crippen molar-refractivity contribution in [3.05, 3.63) is 24.3 Å². The van der Waals surface area contributed by atoms with Crippen molar-refractivity contribution < 1.29 is 24.2 Å². The highest BCUT2D eigenvalue weighted by Crippen LogP contribution is 2.39. The molecular formula is C21H33FO4. The first-order valence-electron chi connectivity index (χ1n) is 9.76. The van der Waals surface area contributed by atoms with Crippen LogP contribution in [0.1, 0.15) is 71.1 Å². The van der Waals surface area contributed by atoms with Gasteiger partial charge >= 0.3 is 5.97 Å². The maximum absolute atomic E-state index is 14.4. The molecule has 0 heterocycles. The van der Waals surface area contributed by atoms with Crippen LogP contribution in [0.25, 0.3) is 0 Å². The molecule has 1 fully saturated rings. The molecule has 4 atom stereocenters. The Morgan fingerprint density at radius 3 is 2.69 bits per heavy atom. The van der Waals surface area contributed by atoms with E-state index in [4.69, 9.17) is 5.11 Å². The molecule has 0 aliphatic heterocycles. The summed E-state index contributed by atoms with van der Waals surface area (Å²) in [7, 11) is 0. The van der Waals surface area contributed by atoms with Gasteiger partial charge in [0.1, 0.15) is 12.0 Å². The second kappa shape index (κ2) is 12.0. The standard InChI is InChI=1S/C21H33FO4/c1-3-4-7-11-19(23)18(22)14-17-15(2)13-20(24)16(17)10-8-5-6-9-12-21(25)26/h5,8,16-19,23H,2-4,6-7,9-14H2,1H3,(H,25,26)/b8-5-/t16-,17-,18?,19-/m0/s1. The van der Waals surface area contributed by atoms with Crippen LogP contribution in [0, 0.1) is 11.8 Å². The Hall–Kier alpha value is -1.49. The van der Waals surface area contributed by atoms with Gasteiger partial charge < -0.3 is 10.2 Å². The van der Waals surface area contributed by atoms with Crippen molar-refractivity contribution in [2.45, 2.75) is 83.4 Å². The zero-order valence-corrected chi connectivity index (χ0v) is 15.8. The monoisotopic (exact) mass is 368 g/mol. The molecule has 2 N–H and O–H groups in total. The first-order valence-corrected chi connectivity index (χ1v) is 9.76. The van der Waals surface area contributed by atoms with Crippen LogP contribution in [0.3, 0.4) is 0 Å². The van der Waals surface area contributed by atoms with Gasteiger partial charge in [-0.2, -0.15) is 0 Å². The maximum Gasteiger partial charge on any atom is 0.303 e. The van der Waals surface area contributed by atoms with E-state index in [0.717, 1.165) is 24.8 Å². The minimum atomic E-state index is -1.33. The minimum Gasteiger partial charge on any atom is -0.481 e. The molecule has 1 aliphatic rings. The van der Waals surface area contributed by atoms with Crippen LogP contribution in [0.15, 0.2) is 24.3 Å². The van der Waals surface area contributed by atoms with E-state index in [-0.39, 0.29) is 30.5 Å². The minimum absolute atomic E-state index is 0.0860. The van der Waals surface area contributed by atoms with Gasteiger partial charge in [-0.15, -0.1) is 0 Å². The van der Waals surface area contributed by atoms with Gasteiger partial charge in [0.2, 0.25) is 0 Å². The number of hydrogen-bond donors (Lipinski definition) is 2. The van der Waals surface area contributed by atoms with E-state index in [2.05, 4.69) is 13.5 Å². The maximum atomic E-state index is 14.4. The Morgan fingerprint density at radius 1 is 1.31 bits per heavy atom. The number of carbonyl (C=O) groups excluding carboxylic acids is 1. The average molecular weight is 368 g/mol. The number of allylic oxidation sites excluding steroid dienone is 3. The summed E-state index contributed by atoms with van der Waals surface area (Å²) in [4.78, 5) is 22.7. The van der Waals surface area contributed by atoms with Gasteiger partial charge in [-0.1, -0.05) is 50.5 Å². The molecule has 5 heteroatoms. The third kappa shape index (κ3) is 7.81. The highest BCUT2D eigenvalue weighted by atomic mass is 19.1. The number of aliphatic hydroxyl groups is 1. The fourth-order valence-electron chi connectivity index (χ4n) is 3.54. The van der Waals surface area contributed by atoms with Gasteiger partial charge in [0.15, 0.2) is 0 Å². The molecule has 1 rings (SSSR count). The lowest BCUT2D eigenvalue weighted by Gasteiger charge is -2.23. The second-order valence-electron chi connectivity index (χ2n) is 7.32. The molecule has 0 amide bonds. The zero-order valence-electron chi connectivity index (χ0n) is 15.8. The fourth-order valence-corrected chi connectivity index (χ4v) is 3.54. The largest absolute Gasteiger partial charge is 0.481 e. The molecule has 148 valence electrons. The van der Waals surface area contributed by atoms with Crippen molar-refractivity contribution in [3.8, 4) is 0 Å². The smallest absolute Gasteiger partial charge is 0.303 e. The predicted molar refractivity (Wildman–Crippen MR) is 101 cm³/mol. The molecular weight excluding hydrogens is 335 g/mol. The number of aliphatic hydroxyl groups excluding tert-OH is 1. The quantitative estimate of drug-likeness (QED) is 0.367. The first kappa shape index (κ1) is 22.6. The third-order valence-corrected chi connectivity index (χ3v) is 5.14. The molecule has 0 aromatic rings. The van der Waals surface area contributed by atoms with Crippen LogP contribution in [-0.2, 0) is 9.59 Å². The lowest BCUT2D eigenvalue weighted by atomic mass is 9.85. The number of alkyl halides is 1. The molecule has 0 bridgehead atoms. The summed E-state index contributed by atoms with van der Waals surface area (Å²) >= 11 is 0. The van der Waals surface area contributed by atoms with Gasteiger partial charge in [-0.05, 0) is 38.0 Å². The number of hydrogen-bond acceptors (Lipinski definition) is 3. The van der Waals surface area contributed by atoms with Crippen LogP contribution in [-0.4, -0.2) is 34.2 Å². The van der Waals surface area contributed by atoms with Crippen LogP contribution in [0.4, 0.5) is 4.39 Å². The fraction of sp³-hybridized carbons (Fsp3) is 0.714. The topological polar surface area (TPSA) is 74.6 Å². The van der Waals surface area contributed by atoms with Crippen LogP contribution >= 0.6 is 0 Å². The molecule has 1 aliphatic carbocycles. The number of rotatable bonds is 13. The summed E-state index contributed by atoms with van der Waals surface area (Å²) in [5.74, 6) is -1.23. The number of aliphatic carboxylic acids is 1. The summed E-state index contributed by atoms with van der Waals surface area (Å²) in [6, 6.07) is 0. The number of halogens is 1. The summed E-state index contributed by atoms with van der Waals surface area (Å²) in [6.07, 6.45) is 7.06. The Balaban J connectivity index is 2.50. The van der Waals surface area contributed by atoms with E-state index < -0.39 is 18.2 Å². The van der Waals surface area contributed by atoms with E-state index in [1.54, 1.807) is 0 Å². The van der Waals surface area contributed by atoms with Crippen LogP contribution in [0.5, 0.6) is 0 Å². The number of carbonyl (C=O) groups is 2. The molecule has 0 saturated heterocycles. The number of carboxylic acids is 1. The Morgan fingerprint density at radius 2 is 2.04 bits per heavy atom. The normalized spacial score (nSPS) is 22.9. The lowest BCUT2D eigenvalue weighted by molar-refractivity contribution is -0.137. The Kier molecular flexibility index (Phi) is 10.4. The van der Waals surface area contributed by atoms with E-state index in [1.807, 2.05) is 12.2 Å². The highest BCUT2D eigenvalue weighted by molar-refractivity contribution is 5.87. The lowest BCUT2D eigenvalue weighted by Crippen LogP contribution is -2.27. The van der Waals surface area contributed by atoms with Gasteiger partial charge in [0.25, 0.3) is 0 Å². The molecule has 1 saturated carbocycles. The van der Waals surface area contributed by atoms with Crippen LogP contribution < -0.4 is 0 Å². The molecule has 26 heavy (non-hydrogen) atoms. The number of ketones is 1. The number of unbranched alkanes of at least 4 members (excludes halogenated alkanes) is 3. The Labute approximate surface area is 156 Å². The van der Waals surface area contributed by atoms with Crippen molar-refractivity contribution in [3.63, 3.8) is 0 Å².